The summed E-state index contributed by atoms with van der Waals surface area (Å²) >= 11 is 0. The Morgan fingerprint density at radius 1 is 0.423 bits per heavy atom. The Morgan fingerprint density at radius 2 is 0.740 bits per heavy atom. The van der Waals surface area contributed by atoms with E-state index in [-0.39, 0.29) is 63.6 Å². The molecule has 1 aromatic rings. The van der Waals surface area contributed by atoms with Crippen molar-refractivity contribution >= 4 is 43.5 Å². The molecule has 1 heterocycles. The summed E-state index contributed by atoms with van der Waals surface area (Å²) in [5, 5.41) is 19.7. The molecule has 0 radical (unpaired) electrons. The number of phosphoric acid groups is 1. The minimum atomic E-state index is -5.44. The average Bonchev–Trinajstić information content (AvgIpc) is 0.781. The second-order valence-electron chi connectivity index (χ2n) is 30.0. The molecule has 1 saturated heterocycles. The molecule has 104 heavy (non-hydrogen) atoms. The Hall–Kier alpha value is -3.97. The number of phosphoric ester groups is 1. The first-order valence-electron chi connectivity index (χ1n) is 42.7. The lowest BCUT2D eigenvalue weighted by atomic mass is 9.93. The molecule has 0 bridgehead atoms. The molecule has 1 fully saturated rings. The fourth-order valence-corrected chi connectivity index (χ4v) is 14.6. The van der Waals surface area contributed by atoms with Crippen LogP contribution in [0.1, 0.15) is 393 Å². The number of aliphatic hydroxyl groups is 1. The van der Waals surface area contributed by atoms with Crippen LogP contribution in [0.15, 0.2) is 30.3 Å². The van der Waals surface area contributed by atoms with E-state index in [1.807, 2.05) is 18.2 Å². The van der Waals surface area contributed by atoms with Gasteiger partial charge in [-0.1, -0.05) is 315 Å². The fourth-order valence-electron chi connectivity index (χ4n) is 14.0. The molecule has 3 amide bonds. The molecule has 0 aliphatic carbocycles. The second-order valence-corrected chi connectivity index (χ2v) is 31.2. The molecule has 19 nitrogen and oxygen atoms in total. The van der Waals surface area contributed by atoms with Gasteiger partial charge in [-0.25, -0.2) is 4.57 Å². The molecule has 6 N–H and O–H groups in total. The molecule has 1 aliphatic rings. The third-order valence-corrected chi connectivity index (χ3v) is 20.7. The van der Waals surface area contributed by atoms with Gasteiger partial charge in [0.15, 0.2) is 6.29 Å². The van der Waals surface area contributed by atoms with Crippen LogP contribution in [0.2, 0.25) is 0 Å². The highest BCUT2D eigenvalue weighted by molar-refractivity contribution is 7.46. The highest BCUT2D eigenvalue weighted by Crippen LogP contribution is 2.42. The van der Waals surface area contributed by atoms with E-state index in [1.165, 1.54) is 108 Å². The predicted octanol–water partition coefficient (Wildman–Crippen LogP) is 19.8. The molecule has 0 saturated carbocycles. The Morgan fingerprint density at radius 3 is 1.09 bits per heavy atom. The Labute approximate surface area is 631 Å². The standard InChI is InChI=1S/C84H152N3O16P/c1-6-11-16-21-26-29-34-39-49-58-71(99-78(92)61-52-42-32-24-19-14-9-4)66-75(89)85-64-65-98-84-82(87-77(91)68-73(60-51-41-36-31-28-23-18-13-8-3)101-79(93)62-53-43-33-25-20-15-10-5)81(83(74(69-88)102-84)103-104(95,96)97)86-76(90)67-72(59-50-40-35-30-27-22-17-12-7-2)100-80(94)63-54-44-37-38-46-55-70-56-47-45-48-57-70/h45,47-48,56-57,71-74,81-84,88H,6-44,46,49-55,58-69H2,1-5H3,(H,85,89)(H,86,90)(H,87,91)(H2,95,96,97)/t71-,72-,73-,74?,81-,82?,83-,84-/m1/s1. The van der Waals surface area contributed by atoms with Crippen molar-refractivity contribution < 1.29 is 76.4 Å². The van der Waals surface area contributed by atoms with Gasteiger partial charge in [-0.3, -0.25) is 33.3 Å². The number of hydrogen-bond acceptors (Lipinski definition) is 14. The largest absolute Gasteiger partial charge is 0.470 e. The topological polar surface area (TPSA) is 272 Å². The number of hydrogen-bond donors (Lipinski definition) is 6. The van der Waals surface area contributed by atoms with Gasteiger partial charge in [0.25, 0.3) is 0 Å². The van der Waals surface area contributed by atoms with Crippen LogP contribution < -0.4 is 16.0 Å². The molecule has 604 valence electrons. The van der Waals surface area contributed by atoms with E-state index in [0.717, 1.165) is 173 Å². The minimum absolute atomic E-state index is 0.0741. The first kappa shape index (κ1) is 96.1. The minimum Gasteiger partial charge on any atom is -0.462 e. The van der Waals surface area contributed by atoms with Gasteiger partial charge >= 0.3 is 25.7 Å². The number of nitrogens with one attached hydrogen (secondary N) is 3. The van der Waals surface area contributed by atoms with Crippen molar-refractivity contribution in [2.75, 3.05) is 19.8 Å². The van der Waals surface area contributed by atoms with Crippen LogP contribution in [0.25, 0.3) is 0 Å². The maximum absolute atomic E-state index is 14.8. The molecule has 2 unspecified atom stereocenters. The molecule has 1 aliphatic heterocycles. The Bertz CT molecular complexity index is 2310. The van der Waals surface area contributed by atoms with Gasteiger partial charge in [0.05, 0.1) is 38.5 Å². The van der Waals surface area contributed by atoms with Crippen LogP contribution in [0.3, 0.4) is 0 Å². The molecular formula is C84H152N3O16P. The SMILES string of the molecule is CCCCCCCCCCC[C@H](CC(=O)NCCO[C@@H]1OC(CO)[C@@H](OP(=O)(O)O)[C@H](NC(=O)C[C@@H](CCCCCCCCCCC)OC(=O)CCCCCCCc2ccccc2)C1NC(=O)C[C@@H](CCCCCCCCCCC)OC(=O)CCCCCCCCC)OC(=O)CCCCCCCCC. The second kappa shape index (κ2) is 66.1. The number of unbranched alkanes of at least 4 members (excludes halogenated alkanes) is 40. The Balaban J connectivity index is 2.52. The van der Waals surface area contributed by atoms with Gasteiger partial charge in [0.2, 0.25) is 17.7 Å². The maximum atomic E-state index is 14.8. The number of esters is 3. The maximum Gasteiger partial charge on any atom is 0.470 e. The van der Waals surface area contributed by atoms with Crippen LogP contribution in [0, 0.1) is 0 Å². The smallest absolute Gasteiger partial charge is 0.462 e. The zero-order valence-corrected chi connectivity index (χ0v) is 67.2. The summed E-state index contributed by atoms with van der Waals surface area (Å²) in [6.07, 6.45) is 43.0. The van der Waals surface area contributed by atoms with Crippen molar-refractivity contribution in [1.82, 2.24) is 16.0 Å². The molecule has 0 aromatic heterocycles. The lowest BCUT2D eigenvalue weighted by Gasteiger charge is -2.46. The number of ether oxygens (including phenoxy) is 5. The van der Waals surface area contributed by atoms with Gasteiger partial charge in [-0.2, -0.15) is 0 Å². The van der Waals surface area contributed by atoms with E-state index >= 15 is 0 Å². The molecule has 1 aromatic carbocycles. The highest BCUT2D eigenvalue weighted by atomic mass is 31.2. The van der Waals surface area contributed by atoms with Crippen LogP contribution in [0.4, 0.5) is 0 Å². The van der Waals surface area contributed by atoms with E-state index in [0.29, 0.717) is 44.9 Å². The van der Waals surface area contributed by atoms with Crippen molar-refractivity contribution in [3.63, 3.8) is 0 Å². The summed E-state index contributed by atoms with van der Waals surface area (Å²) in [6.45, 7) is 9.76. The quantitative estimate of drug-likeness (QED) is 0.0153. The number of benzene rings is 1. The van der Waals surface area contributed by atoms with E-state index in [2.05, 4.69) is 62.7 Å². The first-order valence-corrected chi connectivity index (χ1v) is 44.2. The number of aryl methyl sites for hydroxylation is 1. The number of amides is 3. The van der Waals surface area contributed by atoms with Crippen molar-refractivity contribution in [3.05, 3.63) is 35.9 Å². The van der Waals surface area contributed by atoms with E-state index in [1.54, 1.807) is 0 Å². The molecule has 20 heteroatoms. The van der Waals surface area contributed by atoms with Crippen LogP contribution in [0.5, 0.6) is 0 Å². The normalized spacial score (nSPS) is 16.9. The fraction of sp³-hybridized carbons (Fsp3) is 0.857. The van der Waals surface area contributed by atoms with Gasteiger partial charge in [0.1, 0.15) is 36.6 Å². The van der Waals surface area contributed by atoms with Gasteiger partial charge in [-0.15, -0.1) is 0 Å². The van der Waals surface area contributed by atoms with Gasteiger partial charge in [-0.05, 0) is 76.2 Å². The molecular weight excluding hydrogens is 1340 g/mol. The zero-order valence-electron chi connectivity index (χ0n) is 66.3. The molecule has 8 atom stereocenters. The van der Waals surface area contributed by atoms with E-state index in [9.17, 15) is 48.2 Å². The number of carbonyl (C=O) groups is 6. The lowest BCUT2D eigenvalue weighted by molar-refractivity contribution is -0.247. The number of carbonyl (C=O) groups excluding carboxylic acids is 6. The lowest BCUT2D eigenvalue weighted by Crippen LogP contribution is -2.70. The number of aliphatic hydroxyl groups excluding tert-OH is 1. The van der Waals surface area contributed by atoms with Crippen molar-refractivity contribution in [2.45, 2.75) is 443 Å². The Kier molecular flexibility index (Phi) is 61.0. The molecule has 0 spiro atoms. The van der Waals surface area contributed by atoms with Crippen molar-refractivity contribution in [1.29, 1.82) is 0 Å². The summed E-state index contributed by atoms with van der Waals surface area (Å²) < 4.78 is 49.3. The van der Waals surface area contributed by atoms with Gasteiger partial charge < -0.3 is 54.5 Å². The van der Waals surface area contributed by atoms with E-state index < -0.39 is 87.1 Å². The van der Waals surface area contributed by atoms with Crippen LogP contribution in [-0.4, -0.2) is 119 Å². The van der Waals surface area contributed by atoms with Crippen molar-refractivity contribution in [3.8, 4) is 0 Å². The summed E-state index contributed by atoms with van der Waals surface area (Å²) in [7, 11) is -5.44. The highest BCUT2D eigenvalue weighted by Gasteiger charge is 2.51. The first-order chi connectivity index (χ1) is 50.5. The van der Waals surface area contributed by atoms with Crippen LogP contribution >= 0.6 is 7.82 Å². The summed E-state index contributed by atoms with van der Waals surface area (Å²) in [5.41, 5.74) is 1.30. The third kappa shape index (κ3) is 53.8. The van der Waals surface area contributed by atoms with E-state index in [4.69, 9.17) is 28.2 Å². The van der Waals surface area contributed by atoms with Crippen molar-refractivity contribution in [2.24, 2.45) is 0 Å². The zero-order chi connectivity index (χ0) is 75.8. The third-order valence-electron chi connectivity index (χ3n) is 20.2. The molecule has 2 rings (SSSR count). The predicted molar refractivity (Wildman–Crippen MR) is 418 cm³/mol. The summed E-state index contributed by atoms with van der Waals surface area (Å²) in [4.78, 5) is 105. The average molecular weight is 1490 g/mol. The van der Waals surface area contributed by atoms with Crippen LogP contribution in [-0.2, 0) is 68.0 Å². The summed E-state index contributed by atoms with van der Waals surface area (Å²) in [6, 6.07) is 7.34. The number of rotatable bonds is 72. The summed E-state index contributed by atoms with van der Waals surface area (Å²) in [5.74, 6) is -2.88. The van der Waals surface area contributed by atoms with Gasteiger partial charge in [0, 0.05) is 25.8 Å². The monoisotopic (exact) mass is 1490 g/mol.